The lowest BCUT2D eigenvalue weighted by molar-refractivity contribution is -0.147. The molecule has 2 fully saturated rings. The summed E-state index contributed by atoms with van der Waals surface area (Å²) in [6.07, 6.45) is -0.842. The second-order valence-electron chi connectivity index (χ2n) is 5.25. The second-order valence-corrected chi connectivity index (χ2v) is 5.25. The molecule has 1 aliphatic carbocycles. The maximum atomic E-state index is 13.1. The number of nitrogen functional groups attached to an aromatic ring is 1. The number of halogens is 1. The molecule has 2 aliphatic rings. The van der Waals surface area contributed by atoms with Crippen LogP contribution in [0.15, 0.2) is 17.1 Å². The molecule has 104 valence electrons. The Morgan fingerprint density at radius 3 is 2.89 bits per heavy atom. The lowest BCUT2D eigenvalue weighted by Gasteiger charge is -2.29. The van der Waals surface area contributed by atoms with Gasteiger partial charge in [0, 0.05) is 6.20 Å². The maximum absolute atomic E-state index is 13.1. The fourth-order valence-electron chi connectivity index (χ4n) is 2.97. The van der Waals surface area contributed by atoms with E-state index in [1.165, 1.54) is 19.2 Å². The Morgan fingerprint density at radius 1 is 1.68 bits per heavy atom. The van der Waals surface area contributed by atoms with Gasteiger partial charge in [-0.25, -0.2) is 9.18 Å². The summed E-state index contributed by atoms with van der Waals surface area (Å²) < 4.78 is 19.5. The van der Waals surface area contributed by atoms with Crippen molar-refractivity contribution >= 4 is 5.82 Å². The molecule has 7 nitrogen and oxygen atoms in total. The van der Waals surface area contributed by atoms with E-state index in [1.807, 2.05) is 0 Å². The summed E-state index contributed by atoms with van der Waals surface area (Å²) in [5.74, 6) is -0.719. The normalized spacial score (nSPS) is 44.1. The van der Waals surface area contributed by atoms with Gasteiger partial charge in [0.25, 0.3) is 0 Å². The zero-order valence-corrected chi connectivity index (χ0v) is 10.2. The second kappa shape index (κ2) is 3.53. The summed E-state index contributed by atoms with van der Waals surface area (Å²) in [6.45, 7) is 0.474. The highest BCUT2D eigenvalue weighted by atomic mass is 19.1. The number of anilines is 1. The third kappa shape index (κ3) is 1.41. The third-order valence-electron chi connectivity index (χ3n) is 4.01. The molecule has 1 aliphatic heterocycles. The fourth-order valence-corrected chi connectivity index (χ4v) is 2.97. The molecule has 1 aromatic rings. The van der Waals surface area contributed by atoms with Crippen LogP contribution in [0.25, 0.3) is 0 Å². The molecule has 2 unspecified atom stereocenters. The number of aliphatic hydroxyl groups excluding tert-OH is 1. The molecule has 0 aromatic carbocycles. The highest BCUT2D eigenvalue weighted by Crippen LogP contribution is 2.63. The Labute approximate surface area is 107 Å². The average Bonchev–Trinajstić information content (AvgIpc) is 2.83. The van der Waals surface area contributed by atoms with E-state index >= 15 is 0 Å². The Morgan fingerprint density at radius 2 is 2.37 bits per heavy atom. The number of hydrogen-bond donors (Lipinski definition) is 3. The number of nitrogens with zero attached hydrogens (tertiary/aromatic N) is 2. The molecule has 4 N–H and O–H groups in total. The van der Waals surface area contributed by atoms with E-state index in [9.17, 15) is 19.4 Å². The van der Waals surface area contributed by atoms with Crippen molar-refractivity contribution in [3.63, 3.8) is 0 Å². The van der Waals surface area contributed by atoms with Crippen LogP contribution in [-0.2, 0) is 4.74 Å². The van der Waals surface area contributed by atoms with Gasteiger partial charge in [0.15, 0.2) is 6.23 Å². The number of fused-ring (bicyclic) bond motifs is 1. The number of alkyl halides is 1. The molecular weight excluding hydrogens is 257 g/mol. The fraction of sp³-hybridized carbons (Fsp3) is 0.636. The lowest BCUT2D eigenvalue weighted by atomic mass is 9.98. The van der Waals surface area contributed by atoms with Crippen molar-refractivity contribution in [2.24, 2.45) is 5.92 Å². The first kappa shape index (κ1) is 12.5. The summed E-state index contributed by atoms with van der Waals surface area (Å²) in [5, 5.41) is 20.1. The van der Waals surface area contributed by atoms with Gasteiger partial charge in [-0.1, -0.05) is 0 Å². The largest absolute Gasteiger partial charge is 0.389 e. The van der Waals surface area contributed by atoms with Crippen molar-refractivity contribution in [2.75, 3.05) is 12.4 Å². The SMILES string of the molecule is C[C@@]1(O)C2C(O)[C@@]2(CF)O[C@H]1n1ccc(N)nc1=O. The molecule has 0 bridgehead atoms. The van der Waals surface area contributed by atoms with Crippen LogP contribution in [0.1, 0.15) is 13.2 Å². The van der Waals surface area contributed by atoms with E-state index in [1.54, 1.807) is 0 Å². The van der Waals surface area contributed by atoms with Crippen molar-refractivity contribution in [3.8, 4) is 0 Å². The predicted octanol–water partition coefficient (Wildman–Crippen LogP) is -1.20. The number of hydrogen-bond acceptors (Lipinski definition) is 6. The van der Waals surface area contributed by atoms with E-state index in [2.05, 4.69) is 4.98 Å². The van der Waals surface area contributed by atoms with Crippen LogP contribution in [-0.4, -0.2) is 43.7 Å². The lowest BCUT2D eigenvalue weighted by Crippen LogP contribution is -2.43. The molecule has 0 amide bonds. The molecule has 3 rings (SSSR count). The van der Waals surface area contributed by atoms with Gasteiger partial charge in [-0.05, 0) is 13.0 Å². The monoisotopic (exact) mass is 271 g/mol. The first-order chi connectivity index (χ1) is 8.84. The summed E-state index contributed by atoms with van der Waals surface area (Å²) >= 11 is 0. The summed E-state index contributed by atoms with van der Waals surface area (Å²) in [6, 6.07) is 1.38. The summed E-state index contributed by atoms with van der Waals surface area (Å²) in [5.41, 5.74) is 1.69. The van der Waals surface area contributed by atoms with Crippen molar-refractivity contribution < 1.29 is 19.3 Å². The zero-order valence-electron chi connectivity index (χ0n) is 10.2. The zero-order chi connectivity index (χ0) is 14.0. The molecule has 0 spiro atoms. The first-order valence-corrected chi connectivity index (χ1v) is 5.83. The summed E-state index contributed by atoms with van der Waals surface area (Å²) in [7, 11) is 0. The molecule has 1 saturated carbocycles. The third-order valence-corrected chi connectivity index (χ3v) is 4.01. The van der Waals surface area contributed by atoms with Gasteiger partial charge in [-0.2, -0.15) is 4.98 Å². The van der Waals surface area contributed by atoms with Crippen LogP contribution < -0.4 is 11.4 Å². The smallest absolute Gasteiger partial charge is 0.351 e. The average molecular weight is 271 g/mol. The van der Waals surface area contributed by atoms with Gasteiger partial charge < -0.3 is 20.7 Å². The van der Waals surface area contributed by atoms with Crippen LogP contribution >= 0.6 is 0 Å². The highest BCUT2D eigenvalue weighted by Gasteiger charge is 2.80. The van der Waals surface area contributed by atoms with Crippen LogP contribution in [0, 0.1) is 5.92 Å². The Bertz CT molecular complexity index is 590. The van der Waals surface area contributed by atoms with Crippen molar-refractivity contribution in [3.05, 3.63) is 22.7 Å². The molecule has 19 heavy (non-hydrogen) atoms. The molecule has 0 radical (unpaired) electrons. The Balaban J connectivity index is 2.02. The van der Waals surface area contributed by atoms with Gasteiger partial charge in [0.2, 0.25) is 0 Å². The molecule has 1 saturated heterocycles. The minimum absolute atomic E-state index is 0.0456. The quantitative estimate of drug-likeness (QED) is 0.623. The Kier molecular flexibility index (Phi) is 2.32. The molecular formula is C11H14FN3O4. The van der Waals surface area contributed by atoms with Gasteiger partial charge in [0.1, 0.15) is 23.7 Å². The van der Waals surface area contributed by atoms with E-state index in [-0.39, 0.29) is 5.82 Å². The number of ether oxygens (including phenoxy) is 1. The van der Waals surface area contributed by atoms with E-state index in [0.717, 1.165) is 4.57 Å². The van der Waals surface area contributed by atoms with Crippen LogP contribution in [0.2, 0.25) is 0 Å². The van der Waals surface area contributed by atoms with Gasteiger partial charge in [-0.15, -0.1) is 0 Å². The highest BCUT2D eigenvalue weighted by molar-refractivity contribution is 5.28. The van der Waals surface area contributed by atoms with E-state index in [4.69, 9.17) is 10.5 Å². The molecule has 2 heterocycles. The van der Waals surface area contributed by atoms with E-state index < -0.39 is 41.8 Å². The number of aromatic nitrogens is 2. The molecule has 5 atom stereocenters. The predicted molar refractivity (Wildman–Crippen MR) is 61.9 cm³/mol. The van der Waals surface area contributed by atoms with Gasteiger partial charge in [-0.3, -0.25) is 4.57 Å². The van der Waals surface area contributed by atoms with Gasteiger partial charge in [0.05, 0.1) is 12.0 Å². The van der Waals surface area contributed by atoms with Crippen LogP contribution in [0.3, 0.4) is 0 Å². The maximum Gasteiger partial charge on any atom is 0.351 e. The molecule has 8 heteroatoms. The van der Waals surface area contributed by atoms with Crippen molar-refractivity contribution in [1.82, 2.24) is 9.55 Å². The first-order valence-electron chi connectivity index (χ1n) is 5.83. The number of aliphatic hydroxyl groups is 2. The van der Waals surface area contributed by atoms with E-state index in [0.29, 0.717) is 0 Å². The van der Waals surface area contributed by atoms with Gasteiger partial charge >= 0.3 is 5.69 Å². The topological polar surface area (TPSA) is 111 Å². The Hall–Kier alpha value is -1.51. The number of rotatable bonds is 2. The van der Waals surface area contributed by atoms with Crippen molar-refractivity contribution in [1.29, 1.82) is 0 Å². The number of nitrogens with two attached hydrogens (primary N) is 1. The summed E-state index contributed by atoms with van der Waals surface area (Å²) in [4.78, 5) is 15.3. The van der Waals surface area contributed by atoms with Crippen LogP contribution in [0.4, 0.5) is 10.2 Å². The standard InChI is InChI=1S/C11H14FN3O4/c1-10(18)6-7(16)11(6,4-12)19-8(10)15-3-2-5(13)14-9(15)17/h2-3,6-8,16,18H,4H2,1H3,(H2,13,14,17)/t6?,7?,8-,10-,11+/m1/s1. The minimum Gasteiger partial charge on any atom is -0.389 e. The van der Waals surface area contributed by atoms with Crippen molar-refractivity contribution in [2.45, 2.75) is 30.5 Å². The molecule has 1 aromatic heterocycles. The van der Waals surface area contributed by atoms with Crippen LogP contribution in [0.5, 0.6) is 0 Å². The minimum atomic E-state index is -1.56.